The van der Waals surface area contributed by atoms with Gasteiger partial charge in [0.1, 0.15) is 5.70 Å². The third-order valence-corrected chi connectivity index (χ3v) is 4.44. The van der Waals surface area contributed by atoms with Gasteiger partial charge in [-0.2, -0.15) is 11.3 Å². The number of cyclic esters (lactones) is 1. The van der Waals surface area contributed by atoms with Crippen LogP contribution < -0.4 is 0 Å². The molecule has 2 aromatic rings. The lowest BCUT2D eigenvalue weighted by Crippen LogP contribution is -2.05. The number of ether oxygens (including phenoxy) is 1. The van der Waals surface area contributed by atoms with E-state index in [1.165, 1.54) is 11.1 Å². The third-order valence-electron chi connectivity index (χ3n) is 3.71. The van der Waals surface area contributed by atoms with Crippen LogP contribution in [0.2, 0.25) is 0 Å². The number of esters is 1. The first kappa shape index (κ1) is 15.7. The van der Waals surface area contributed by atoms with E-state index in [-0.39, 0.29) is 5.97 Å². The van der Waals surface area contributed by atoms with Crippen LogP contribution in [0.25, 0.3) is 0 Å². The Hall–Kier alpha value is -2.20. The lowest BCUT2D eigenvalue weighted by atomic mass is 10.1. The minimum atomic E-state index is -0.358. The zero-order valence-corrected chi connectivity index (χ0v) is 13.9. The van der Waals surface area contributed by atoms with Gasteiger partial charge in [-0.3, -0.25) is 0 Å². The van der Waals surface area contributed by atoms with Crippen LogP contribution in [0, 0.1) is 0 Å². The Bertz CT molecular complexity index is 727. The van der Waals surface area contributed by atoms with E-state index in [0.717, 1.165) is 31.2 Å². The molecule has 1 aromatic carbocycles. The van der Waals surface area contributed by atoms with Gasteiger partial charge in [-0.05, 0) is 59.3 Å². The Labute approximate surface area is 140 Å². The fraction of sp³-hybridized carbons (Fsp3) is 0.263. The summed E-state index contributed by atoms with van der Waals surface area (Å²) in [6.45, 7) is 2.16. The monoisotopic (exact) mass is 325 g/mol. The molecular formula is C19H19NO2S. The van der Waals surface area contributed by atoms with E-state index in [1.54, 1.807) is 11.3 Å². The fourth-order valence-corrected chi connectivity index (χ4v) is 3.19. The molecule has 0 bridgehead atoms. The van der Waals surface area contributed by atoms with Gasteiger partial charge in [0, 0.05) is 5.56 Å². The summed E-state index contributed by atoms with van der Waals surface area (Å²) in [7, 11) is 0. The van der Waals surface area contributed by atoms with Gasteiger partial charge in [0.25, 0.3) is 0 Å². The van der Waals surface area contributed by atoms with Gasteiger partial charge >= 0.3 is 5.97 Å². The third kappa shape index (κ3) is 3.96. The van der Waals surface area contributed by atoms with Crippen molar-refractivity contribution in [2.24, 2.45) is 4.99 Å². The molecule has 4 heteroatoms. The molecule has 0 fully saturated rings. The summed E-state index contributed by atoms with van der Waals surface area (Å²) in [6.07, 6.45) is 5.73. The van der Waals surface area contributed by atoms with Gasteiger partial charge in [-0.15, -0.1) is 0 Å². The van der Waals surface area contributed by atoms with Crippen molar-refractivity contribution in [2.75, 3.05) is 0 Å². The molecule has 3 rings (SSSR count). The molecule has 1 aromatic heterocycles. The average Bonchev–Trinajstić information content (AvgIpc) is 3.19. The second-order valence-corrected chi connectivity index (χ2v) is 6.29. The number of aliphatic imine (C=N–C) groups is 1. The number of aryl methyl sites for hydroxylation is 2. The molecule has 0 N–H and O–H groups in total. The molecule has 118 valence electrons. The Morgan fingerprint density at radius 1 is 1.13 bits per heavy atom. The van der Waals surface area contributed by atoms with Crippen molar-refractivity contribution in [3.8, 4) is 0 Å². The summed E-state index contributed by atoms with van der Waals surface area (Å²) in [6, 6.07) is 10.2. The highest BCUT2D eigenvalue weighted by Crippen LogP contribution is 2.18. The summed E-state index contributed by atoms with van der Waals surface area (Å²) in [4.78, 5) is 16.3. The van der Waals surface area contributed by atoms with E-state index in [1.807, 2.05) is 18.2 Å². The summed E-state index contributed by atoms with van der Waals surface area (Å²) < 4.78 is 5.29. The highest BCUT2D eigenvalue weighted by Gasteiger charge is 2.23. The molecule has 0 saturated carbocycles. The van der Waals surface area contributed by atoms with E-state index in [0.29, 0.717) is 11.6 Å². The molecule has 0 amide bonds. The second kappa shape index (κ2) is 7.38. The smallest absolute Gasteiger partial charge is 0.363 e. The highest BCUT2D eigenvalue weighted by molar-refractivity contribution is 7.07. The van der Waals surface area contributed by atoms with Gasteiger partial charge < -0.3 is 4.74 Å². The van der Waals surface area contributed by atoms with Crippen LogP contribution in [0.5, 0.6) is 0 Å². The molecule has 2 heterocycles. The van der Waals surface area contributed by atoms with Crippen molar-refractivity contribution < 1.29 is 9.53 Å². The van der Waals surface area contributed by atoms with Gasteiger partial charge in [-0.1, -0.05) is 31.6 Å². The minimum absolute atomic E-state index is 0.358. The molecule has 1 aliphatic heterocycles. The predicted octanol–water partition coefficient (Wildman–Crippen LogP) is 4.52. The average molecular weight is 325 g/mol. The van der Waals surface area contributed by atoms with E-state index in [2.05, 4.69) is 40.9 Å². The van der Waals surface area contributed by atoms with Gasteiger partial charge in [0.05, 0.1) is 0 Å². The van der Waals surface area contributed by atoms with Crippen LogP contribution in [-0.4, -0.2) is 11.9 Å². The second-order valence-electron chi connectivity index (χ2n) is 5.51. The van der Waals surface area contributed by atoms with Crippen LogP contribution in [0.1, 0.15) is 36.5 Å². The highest BCUT2D eigenvalue weighted by atomic mass is 32.1. The lowest BCUT2D eigenvalue weighted by molar-refractivity contribution is -0.130. The van der Waals surface area contributed by atoms with Crippen molar-refractivity contribution in [3.05, 3.63) is 69.6 Å². The number of hydrogen-bond donors (Lipinski definition) is 0. The quantitative estimate of drug-likeness (QED) is 0.578. The number of carbonyl (C=O) groups excluding carboxylic acids is 1. The van der Waals surface area contributed by atoms with Gasteiger partial charge in [-0.25, -0.2) is 9.79 Å². The number of allylic oxidation sites excluding steroid dienone is 1. The summed E-state index contributed by atoms with van der Waals surface area (Å²) in [5.74, 6) is 0.0442. The summed E-state index contributed by atoms with van der Waals surface area (Å²) in [5.41, 5.74) is 3.83. The number of rotatable bonds is 6. The first-order valence-corrected chi connectivity index (χ1v) is 8.82. The van der Waals surface area contributed by atoms with Crippen LogP contribution in [0.4, 0.5) is 0 Å². The van der Waals surface area contributed by atoms with Gasteiger partial charge in [0.15, 0.2) is 0 Å². The fourth-order valence-electron chi connectivity index (χ4n) is 2.48. The topological polar surface area (TPSA) is 38.7 Å². The van der Waals surface area contributed by atoms with Crippen LogP contribution in [0.15, 0.2) is 57.9 Å². The van der Waals surface area contributed by atoms with E-state index < -0.39 is 0 Å². The minimum Gasteiger partial charge on any atom is -0.402 e. The van der Waals surface area contributed by atoms with Crippen LogP contribution in [-0.2, 0) is 22.4 Å². The molecule has 0 saturated heterocycles. The largest absolute Gasteiger partial charge is 0.402 e. The maximum atomic E-state index is 11.9. The number of carbonyl (C=O) groups is 1. The van der Waals surface area contributed by atoms with Crippen molar-refractivity contribution in [3.63, 3.8) is 0 Å². The Morgan fingerprint density at radius 2 is 1.96 bits per heavy atom. The molecule has 0 atom stereocenters. The molecule has 0 radical (unpaired) electrons. The number of thiophene rings is 1. The van der Waals surface area contributed by atoms with Crippen molar-refractivity contribution in [1.29, 1.82) is 0 Å². The van der Waals surface area contributed by atoms with Gasteiger partial charge in [0.2, 0.25) is 5.90 Å². The maximum Gasteiger partial charge on any atom is 0.363 e. The molecule has 3 nitrogen and oxygen atoms in total. The van der Waals surface area contributed by atoms with E-state index in [4.69, 9.17) is 4.74 Å². The maximum absolute atomic E-state index is 11.9. The first-order chi connectivity index (χ1) is 11.3. The summed E-state index contributed by atoms with van der Waals surface area (Å²) in [5, 5.41) is 4.18. The standard InChI is InChI=1S/C19H19NO2S/c1-2-4-14-7-9-16(10-8-14)18-20-17(19(21)22-18)6-3-5-15-11-12-23-13-15/h6-13H,2-5H2,1H3/b17-6-. The Kier molecular flexibility index (Phi) is 5.03. The molecule has 0 unspecified atom stereocenters. The molecular weight excluding hydrogens is 306 g/mol. The van der Waals surface area contributed by atoms with Crippen LogP contribution >= 0.6 is 11.3 Å². The zero-order chi connectivity index (χ0) is 16.1. The van der Waals surface area contributed by atoms with Crippen molar-refractivity contribution in [2.45, 2.75) is 32.6 Å². The SMILES string of the molecule is CCCc1ccc(C2=N/C(=C\CCc3ccsc3)C(=O)O2)cc1. The normalized spacial score (nSPS) is 15.8. The van der Waals surface area contributed by atoms with E-state index in [9.17, 15) is 4.79 Å². The predicted molar refractivity (Wildman–Crippen MR) is 93.8 cm³/mol. The van der Waals surface area contributed by atoms with Crippen molar-refractivity contribution in [1.82, 2.24) is 0 Å². The Morgan fingerprint density at radius 3 is 2.65 bits per heavy atom. The zero-order valence-electron chi connectivity index (χ0n) is 13.1. The van der Waals surface area contributed by atoms with Crippen LogP contribution in [0.3, 0.4) is 0 Å². The summed E-state index contributed by atoms with van der Waals surface area (Å²) >= 11 is 1.69. The number of nitrogens with zero attached hydrogens (tertiary/aromatic N) is 1. The molecule has 1 aliphatic rings. The number of hydrogen-bond acceptors (Lipinski definition) is 4. The molecule has 0 spiro atoms. The van der Waals surface area contributed by atoms with Crippen molar-refractivity contribution >= 4 is 23.2 Å². The lowest BCUT2D eigenvalue weighted by Gasteiger charge is -2.01. The van der Waals surface area contributed by atoms with E-state index >= 15 is 0 Å². The first-order valence-electron chi connectivity index (χ1n) is 7.87. The Balaban J connectivity index is 1.67. The molecule has 23 heavy (non-hydrogen) atoms. The molecule has 0 aliphatic carbocycles. The number of benzene rings is 1.